The molecule has 8 heteroatoms. The third kappa shape index (κ3) is 3.37. The first-order valence-corrected chi connectivity index (χ1v) is 9.96. The van der Waals surface area contributed by atoms with Gasteiger partial charge in [0.2, 0.25) is 0 Å². The molecule has 4 aromatic rings. The van der Waals surface area contributed by atoms with Crippen LogP contribution < -0.4 is 4.72 Å². The summed E-state index contributed by atoms with van der Waals surface area (Å²) >= 11 is 0. The van der Waals surface area contributed by atoms with Crippen molar-refractivity contribution in [2.45, 2.75) is 4.90 Å². The summed E-state index contributed by atoms with van der Waals surface area (Å²) in [7, 11) is -2.05. The van der Waals surface area contributed by atoms with Crippen molar-refractivity contribution in [3.8, 4) is 11.1 Å². The second-order valence-corrected chi connectivity index (χ2v) is 8.00. The molecule has 0 radical (unpaired) electrons. The van der Waals surface area contributed by atoms with E-state index in [1.165, 1.54) is 0 Å². The monoisotopic (exact) mass is 391 g/mol. The number of aromatic nitrogens is 3. The average Bonchev–Trinajstić information content (AvgIpc) is 3.13. The zero-order chi connectivity index (χ0) is 19.7. The first kappa shape index (κ1) is 17.9. The van der Waals surface area contributed by atoms with Crippen LogP contribution in [0.5, 0.6) is 0 Å². The molecule has 0 aliphatic rings. The lowest BCUT2D eigenvalue weighted by Crippen LogP contribution is -2.15. The van der Waals surface area contributed by atoms with Crippen molar-refractivity contribution >= 4 is 32.7 Å². The summed E-state index contributed by atoms with van der Waals surface area (Å²) in [4.78, 5) is 4.35. The molecule has 0 atom stereocenters. The Labute approximate surface area is 162 Å². The van der Waals surface area contributed by atoms with Crippen molar-refractivity contribution in [3.63, 3.8) is 0 Å². The van der Waals surface area contributed by atoms with E-state index in [0.717, 1.165) is 22.6 Å². The molecule has 0 aliphatic carbocycles. The normalized spacial score (nSPS) is 11.5. The number of sulfonamides is 1. The molecule has 140 valence electrons. The third-order valence-electron chi connectivity index (χ3n) is 4.37. The van der Waals surface area contributed by atoms with Crippen molar-refractivity contribution in [3.05, 3.63) is 72.8 Å². The summed E-state index contributed by atoms with van der Waals surface area (Å²) < 4.78 is 30.1. The van der Waals surface area contributed by atoms with Crippen LogP contribution >= 0.6 is 0 Å². The Balaban J connectivity index is 1.74. The van der Waals surface area contributed by atoms with Gasteiger partial charge < -0.3 is 5.41 Å². The molecule has 0 bridgehead atoms. The molecule has 28 heavy (non-hydrogen) atoms. The molecule has 0 fully saturated rings. The molecular formula is C20H17N5O2S. The Bertz CT molecular complexity index is 1290. The third-order valence-corrected chi connectivity index (χ3v) is 5.73. The lowest BCUT2D eigenvalue weighted by molar-refractivity contribution is 0.601. The second-order valence-electron chi connectivity index (χ2n) is 6.32. The Morgan fingerprint density at radius 1 is 1.04 bits per heavy atom. The molecular weight excluding hydrogens is 374 g/mol. The van der Waals surface area contributed by atoms with Crippen LogP contribution in [0.1, 0.15) is 5.69 Å². The van der Waals surface area contributed by atoms with E-state index in [1.54, 1.807) is 48.4 Å². The highest BCUT2D eigenvalue weighted by Gasteiger charge is 2.17. The number of nitrogens with zero attached hydrogens (tertiary/aromatic N) is 3. The zero-order valence-electron chi connectivity index (χ0n) is 15.0. The van der Waals surface area contributed by atoms with E-state index in [2.05, 4.69) is 14.8 Å². The highest BCUT2D eigenvalue weighted by Crippen LogP contribution is 2.26. The van der Waals surface area contributed by atoms with Crippen molar-refractivity contribution < 1.29 is 8.42 Å². The second kappa shape index (κ2) is 6.90. The fourth-order valence-corrected chi connectivity index (χ4v) is 4.04. The van der Waals surface area contributed by atoms with E-state index in [4.69, 9.17) is 5.41 Å². The molecule has 2 N–H and O–H groups in total. The Kier molecular flexibility index (Phi) is 4.40. The van der Waals surface area contributed by atoms with Crippen LogP contribution in [0.4, 0.5) is 5.69 Å². The van der Waals surface area contributed by atoms with E-state index in [1.807, 2.05) is 30.5 Å². The van der Waals surface area contributed by atoms with E-state index in [-0.39, 0.29) is 16.3 Å². The van der Waals surface area contributed by atoms with Gasteiger partial charge in [0, 0.05) is 36.8 Å². The van der Waals surface area contributed by atoms with Gasteiger partial charge in [-0.2, -0.15) is 5.10 Å². The predicted octanol–water partition coefficient (Wildman–Crippen LogP) is 3.43. The summed E-state index contributed by atoms with van der Waals surface area (Å²) in [5, 5.41) is 13.5. The molecule has 0 spiro atoms. The topological polar surface area (TPSA) is 101 Å². The number of hydrogen-bond donors (Lipinski definition) is 2. The highest BCUT2D eigenvalue weighted by molar-refractivity contribution is 7.92. The number of fused-ring (bicyclic) bond motifs is 1. The van der Waals surface area contributed by atoms with E-state index >= 15 is 0 Å². The number of anilines is 1. The molecule has 2 aromatic heterocycles. The van der Waals surface area contributed by atoms with Crippen LogP contribution in [-0.2, 0) is 17.1 Å². The summed E-state index contributed by atoms with van der Waals surface area (Å²) in [5.74, 6) is 0. The first-order chi connectivity index (χ1) is 13.5. The lowest BCUT2D eigenvalue weighted by Gasteiger charge is -2.12. The molecule has 0 saturated heterocycles. The summed E-state index contributed by atoms with van der Waals surface area (Å²) in [5.41, 5.74) is 1.98. The Morgan fingerprint density at radius 3 is 2.54 bits per heavy atom. The molecule has 7 nitrogen and oxygen atoms in total. The van der Waals surface area contributed by atoms with Gasteiger partial charge in [0.1, 0.15) is 5.69 Å². The van der Waals surface area contributed by atoms with Crippen molar-refractivity contribution in [2.24, 2.45) is 7.05 Å². The molecule has 2 heterocycles. The average molecular weight is 391 g/mol. The number of hydrogen-bond acceptors (Lipinski definition) is 5. The van der Waals surface area contributed by atoms with Crippen LogP contribution in [-0.4, -0.2) is 29.4 Å². The smallest absolute Gasteiger partial charge is 0.261 e. The summed E-state index contributed by atoms with van der Waals surface area (Å²) in [6.45, 7) is 0. The zero-order valence-corrected chi connectivity index (χ0v) is 15.8. The van der Waals surface area contributed by atoms with Crippen molar-refractivity contribution in [2.75, 3.05) is 4.72 Å². The number of pyridine rings is 1. The maximum atomic E-state index is 12.9. The first-order valence-electron chi connectivity index (χ1n) is 8.47. The van der Waals surface area contributed by atoms with Gasteiger partial charge in [-0.05, 0) is 29.0 Å². The van der Waals surface area contributed by atoms with Gasteiger partial charge in [-0.25, -0.2) is 8.42 Å². The van der Waals surface area contributed by atoms with Crippen LogP contribution in [0.15, 0.2) is 72.0 Å². The van der Waals surface area contributed by atoms with Gasteiger partial charge in [-0.3, -0.25) is 14.4 Å². The summed E-state index contributed by atoms with van der Waals surface area (Å²) in [6.07, 6.45) is 6.09. The highest BCUT2D eigenvalue weighted by atomic mass is 32.2. The number of benzene rings is 2. The number of rotatable bonds is 5. The van der Waals surface area contributed by atoms with Crippen LogP contribution in [0.3, 0.4) is 0 Å². The van der Waals surface area contributed by atoms with Crippen molar-refractivity contribution in [1.29, 1.82) is 5.41 Å². The van der Waals surface area contributed by atoms with E-state index in [9.17, 15) is 8.42 Å². The van der Waals surface area contributed by atoms with Gasteiger partial charge in [-0.15, -0.1) is 0 Å². The van der Waals surface area contributed by atoms with Gasteiger partial charge in [-0.1, -0.05) is 30.3 Å². The van der Waals surface area contributed by atoms with E-state index < -0.39 is 10.0 Å². The minimum atomic E-state index is -3.85. The van der Waals surface area contributed by atoms with Crippen LogP contribution in [0.2, 0.25) is 0 Å². The minimum Gasteiger partial charge on any atom is -0.306 e. The predicted molar refractivity (Wildman–Crippen MR) is 109 cm³/mol. The Morgan fingerprint density at radius 2 is 1.82 bits per heavy atom. The molecule has 0 unspecified atom stereocenters. The van der Waals surface area contributed by atoms with Crippen molar-refractivity contribution in [1.82, 2.24) is 14.8 Å². The largest absolute Gasteiger partial charge is 0.306 e. The maximum Gasteiger partial charge on any atom is 0.261 e. The number of nitrogens with one attached hydrogen (secondary N) is 2. The Hall–Kier alpha value is -3.52. The van der Waals surface area contributed by atoms with Gasteiger partial charge >= 0.3 is 0 Å². The molecule has 0 amide bonds. The lowest BCUT2D eigenvalue weighted by atomic mass is 10.1. The number of aryl methyl sites for hydroxylation is 1. The molecule has 2 aromatic carbocycles. The SMILES string of the molecule is Cn1cc(-c2cnc(C=N)c(NS(=O)(=O)c3ccc4ccccc4c3)c2)cn1. The van der Waals surface area contributed by atoms with Gasteiger partial charge in [0.25, 0.3) is 10.0 Å². The van der Waals surface area contributed by atoms with E-state index in [0.29, 0.717) is 5.56 Å². The van der Waals surface area contributed by atoms with Gasteiger partial charge in [0.05, 0.1) is 16.8 Å². The fraction of sp³-hybridized carbons (Fsp3) is 0.0500. The quantitative estimate of drug-likeness (QED) is 0.509. The molecule has 0 aliphatic heterocycles. The van der Waals surface area contributed by atoms with Gasteiger partial charge in [0.15, 0.2) is 0 Å². The molecule has 0 saturated carbocycles. The minimum absolute atomic E-state index is 0.147. The van der Waals surface area contributed by atoms with Crippen LogP contribution in [0, 0.1) is 5.41 Å². The molecule has 4 rings (SSSR count). The standard InChI is InChI=1S/C20H17N5O2S/c1-25-13-17(12-23-25)16-9-19(20(10-21)22-11-16)24-28(26,27)18-7-6-14-4-2-3-5-15(14)8-18/h2-13,21,24H,1H3. The summed E-state index contributed by atoms with van der Waals surface area (Å²) in [6, 6.07) is 14.2. The fourth-order valence-electron chi connectivity index (χ4n) is 2.94. The van der Waals surface area contributed by atoms with Crippen LogP contribution in [0.25, 0.3) is 21.9 Å². The maximum absolute atomic E-state index is 12.9.